The Bertz CT molecular complexity index is 512. The fourth-order valence-corrected chi connectivity index (χ4v) is 3.61. The average molecular weight is 328 g/mol. The van der Waals surface area contributed by atoms with Gasteiger partial charge in [0.1, 0.15) is 5.82 Å². The minimum absolute atomic E-state index is 0.117. The predicted octanol–water partition coefficient (Wildman–Crippen LogP) is 4.20. The first-order chi connectivity index (χ1) is 8.70. The molecule has 2 aromatic rings. The summed E-state index contributed by atoms with van der Waals surface area (Å²) in [6.45, 7) is 0.774. The monoisotopic (exact) mass is 327 g/mol. The number of benzene rings is 1. The number of hydrogen-bond acceptors (Lipinski definition) is 2. The van der Waals surface area contributed by atoms with Gasteiger partial charge in [-0.05, 0) is 53.2 Å². The molecule has 1 heterocycles. The second-order valence-corrected chi connectivity index (χ2v) is 6.73. The molecule has 0 spiro atoms. The lowest BCUT2D eigenvalue weighted by Gasteiger charge is -2.16. The summed E-state index contributed by atoms with van der Waals surface area (Å²) in [6, 6.07) is 11.2. The number of thiophene rings is 1. The number of rotatable bonds is 5. The van der Waals surface area contributed by atoms with E-state index in [9.17, 15) is 4.39 Å². The van der Waals surface area contributed by atoms with E-state index in [-0.39, 0.29) is 11.7 Å². The molecule has 1 unspecified atom stereocenters. The van der Waals surface area contributed by atoms with Crippen LogP contribution in [0.15, 0.2) is 40.2 Å². The van der Waals surface area contributed by atoms with E-state index in [1.807, 2.05) is 25.2 Å². The van der Waals surface area contributed by atoms with Crippen LogP contribution in [0.4, 0.5) is 4.39 Å². The Morgan fingerprint density at radius 3 is 2.67 bits per heavy atom. The van der Waals surface area contributed by atoms with E-state index in [1.54, 1.807) is 17.4 Å². The number of halogens is 2. The maximum Gasteiger partial charge on any atom is 0.126 e. The van der Waals surface area contributed by atoms with Gasteiger partial charge in [-0.2, -0.15) is 0 Å². The maximum absolute atomic E-state index is 13.8. The van der Waals surface area contributed by atoms with Crippen LogP contribution in [-0.2, 0) is 6.42 Å². The fourth-order valence-electron chi connectivity index (χ4n) is 2.05. The molecular formula is C14H15BrFNS. The first kappa shape index (κ1) is 13.7. The van der Waals surface area contributed by atoms with Crippen LogP contribution in [0.3, 0.4) is 0 Å². The summed E-state index contributed by atoms with van der Waals surface area (Å²) < 4.78 is 15.0. The lowest BCUT2D eigenvalue weighted by Crippen LogP contribution is -2.19. The highest BCUT2D eigenvalue weighted by Gasteiger charge is 2.16. The summed E-state index contributed by atoms with van der Waals surface area (Å²) in [4.78, 5) is 1.27. The highest BCUT2D eigenvalue weighted by atomic mass is 79.9. The van der Waals surface area contributed by atoms with Gasteiger partial charge in [0.2, 0.25) is 0 Å². The minimum Gasteiger partial charge on any atom is -0.319 e. The summed E-state index contributed by atoms with van der Waals surface area (Å²) in [5, 5.41) is 3.15. The van der Waals surface area contributed by atoms with E-state index >= 15 is 0 Å². The molecule has 1 N–H and O–H groups in total. The standard InChI is InChI=1S/C14H15BrFNS/c1-17-9-10(8-11-6-7-14(15)18-11)12-4-2-3-5-13(12)16/h2-7,10,17H,8-9H2,1H3. The lowest BCUT2D eigenvalue weighted by atomic mass is 9.94. The Hall–Kier alpha value is -0.710. The largest absolute Gasteiger partial charge is 0.319 e. The molecule has 0 bridgehead atoms. The second-order valence-electron chi connectivity index (χ2n) is 4.19. The topological polar surface area (TPSA) is 12.0 Å². The quantitative estimate of drug-likeness (QED) is 0.868. The summed E-state index contributed by atoms with van der Waals surface area (Å²) in [5.74, 6) is 0.0510. The molecular weight excluding hydrogens is 313 g/mol. The van der Waals surface area contributed by atoms with Crippen molar-refractivity contribution in [1.82, 2.24) is 5.32 Å². The van der Waals surface area contributed by atoms with E-state index in [0.29, 0.717) is 0 Å². The van der Waals surface area contributed by atoms with E-state index in [1.165, 1.54) is 10.9 Å². The van der Waals surface area contributed by atoms with E-state index < -0.39 is 0 Å². The van der Waals surface area contributed by atoms with Crippen molar-refractivity contribution >= 4 is 27.3 Å². The third-order valence-corrected chi connectivity index (χ3v) is 4.52. The average Bonchev–Trinajstić information content (AvgIpc) is 2.75. The summed E-state index contributed by atoms with van der Waals surface area (Å²) in [5.41, 5.74) is 0.788. The van der Waals surface area contributed by atoms with Crippen LogP contribution >= 0.6 is 27.3 Å². The van der Waals surface area contributed by atoms with Gasteiger partial charge in [0.15, 0.2) is 0 Å². The van der Waals surface area contributed by atoms with E-state index in [0.717, 1.165) is 22.3 Å². The Morgan fingerprint density at radius 1 is 1.28 bits per heavy atom. The van der Waals surface area contributed by atoms with Crippen LogP contribution in [0, 0.1) is 5.82 Å². The molecule has 0 aliphatic heterocycles. The highest BCUT2D eigenvalue weighted by Crippen LogP contribution is 2.28. The van der Waals surface area contributed by atoms with Crippen molar-refractivity contribution in [3.63, 3.8) is 0 Å². The molecule has 1 atom stereocenters. The van der Waals surface area contributed by atoms with Gasteiger partial charge in [0.05, 0.1) is 3.79 Å². The molecule has 0 saturated carbocycles. The van der Waals surface area contributed by atoms with Crippen LogP contribution < -0.4 is 5.32 Å². The van der Waals surface area contributed by atoms with Crippen molar-refractivity contribution < 1.29 is 4.39 Å². The van der Waals surface area contributed by atoms with Crippen molar-refractivity contribution in [2.24, 2.45) is 0 Å². The van der Waals surface area contributed by atoms with Gasteiger partial charge in [-0.15, -0.1) is 11.3 Å². The van der Waals surface area contributed by atoms with Gasteiger partial charge in [-0.3, -0.25) is 0 Å². The molecule has 0 aliphatic rings. The van der Waals surface area contributed by atoms with Gasteiger partial charge in [0.25, 0.3) is 0 Å². The van der Waals surface area contributed by atoms with Gasteiger partial charge in [-0.25, -0.2) is 4.39 Å². The zero-order valence-corrected chi connectivity index (χ0v) is 12.5. The van der Waals surface area contributed by atoms with E-state index in [4.69, 9.17) is 0 Å². The molecule has 2 rings (SSSR count). The smallest absolute Gasteiger partial charge is 0.126 e. The predicted molar refractivity (Wildman–Crippen MR) is 78.8 cm³/mol. The molecule has 18 heavy (non-hydrogen) atoms. The molecule has 1 nitrogen and oxygen atoms in total. The normalized spacial score (nSPS) is 12.6. The molecule has 96 valence electrons. The van der Waals surface area contributed by atoms with Crippen molar-refractivity contribution in [3.05, 3.63) is 56.4 Å². The van der Waals surface area contributed by atoms with Gasteiger partial charge >= 0.3 is 0 Å². The molecule has 1 aromatic carbocycles. The molecule has 0 fully saturated rings. The Morgan fingerprint density at radius 2 is 2.06 bits per heavy atom. The Kier molecular flexibility index (Phi) is 4.92. The zero-order valence-electron chi connectivity index (χ0n) is 10.1. The Labute approximate surface area is 119 Å². The van der Waals surface area contributed by atoms with Crippen LogP contribution in [0.5, 0.6) is 0 Å². The molecule has 1 aromatic heterocycles. The second kappa shape index (κ2) is 6.45. The minimum atomic E-state index is -0.117. The zero-order chi connectivity index (χ0) is 13.0. The summed E-state index contributed by atoms with van der Waals surface area (Å²) in [6.07, 6.45) is 0.859. The van der Waals surface area contributed by atoms with E-state index in [2.05, 4.69) is 27.3 Å². The van der Waals surface area contributed by atoms with Crippen molar-refractivity contribution in [3.8, 4) is 0 Å². The third kappa shape index (κ3) is 3.40. The highest BCUT2D eigenvalue weighted by molar-refractivity contribution is 9.11. The van der Waals surface area contributed by atoms with Gasteiger partial charge in [0, 0.05) is 17.3 Å². The number of hydrogen-bond donors (Lipinski definition) is 1. The number of likely N-dealkylation sites (N-methyl/N-ethyl adjacent to an activating group) is 1. The molecule has 0 amide bonds. The summed E-state index contributed by atoms with van der Waals surface area (Å²) >= 11 is 5.17. The van der Waals surface area contributed by atoms with Crippen LogP contribution in [0.2, 0.25) is 0 Å². The van der Waals surface area contributed by atoms with Crippen molar-refractivity contribution in [2.45, 2.75) is 12.3 Å². The van der Waals surface area contributed by atoms with Crippen molar-refractivity contribution in [1.29, 1.82) is 0 Å². The summed E-state index contributed by atoms with van der Waals surface area (Å²) in [7, 11) is 1.90. The maximum atomic E-state index is 13.8. The molecule has 0 radical (unpaired) electrons. The van der Waals surface area contributed by atoms with Gasteiger partial charge < -0.3 is 5.32 Å². The molecule has 0 saturated heterocycles. The van der Waals surface area contributed by atoms with Crippen LogP contribution in [0.25, 0.3) is 0 Å². The van der Waals surface area contributed by atoms with Crippen molar-refractivity contribution in [2.75, 3.05) is 13.6 Å². The lowest BCUT2D eigenvalue weighted by molar-refractivity contribution is 0.558. The SMILES string of the molecule is CNCC(Cc1ccc(Br)s1)c1ccccc1F. The fraction of sp³-hybridized carbons (Fsp3) is 0.286. The molecule has 0 aliphatic carbocycles. The van der Waals surface area contributed by atoms with Gasteiger partial charge in [-0.1, -0.05) is 18.2 Å². The van der Waals surface area contributed by atoms with Crippen LogP contribution in [-0.4, -0.2) is 13.6 Å². The Balaban J connectivity index is 2.20. The first-order valence-electron chi connectivity index (χ1n) is 5.84. The number of nitrogens with one attached hydrogen (secondary N) is 1. The molecule has 4 heteroatoms. The van der Waals surface area contributed by atoms with Crippen LogP contribution in [0.1, 0.15) is 16.4 Å². The third-order valence-electron chi connectivity index (χ3n) is 2.87. The first-order valence-corrected chi connectivity index (χ1v) is 7.45.